The number of rotatable bonds is 6. The van der Waals surface area contributed by atoms with Crippen LogP contribution in [0.1, 0.15) is 34.0 Å². The van der Waals surface area contributed by atoms with Crippen LogP contribution < -0.4 is 15.8 Å². The van der Waals surface area contributed by atoms with Crippen LogP contribution in [-0.4, -0.2) is 55.7 Å². The highest BCUT2D eigenvalue weighted by Gasteiger charge is 2.38. The predicted octanol–water partition coefficient (Wildman–Crippen LogP) is 2.28. The quantitative estimate of drug-likeness (QED) is 0.785. The molecule has 2 aromatic rings. The van der Waals surface area contributed by atoms with E-state index < -0.39 is 0 Å². The number of amides is 1. The molecule has 2 aliphatic rings. The maximum atomic E-state index is 13.0. The van der Waals surface area contributed by atoms with E-state index in [0.717, 1.165) is 25.1 Å². The molecular formula is C23H29N3O3. The summed E-state index contributed by atoms with van der Waals surface area (Å²) in [7, 11) is 0. The molecule has 0 aromatic heterocycles. The van der Waals surface area contributed by atoms with Gasteiger partial charge in [0.25, 0.3) is 5.91 Å². The molecule has 0 unspecified atom stereocenters. The molecular weight excluding hydrogens is 366 g/mol. The Morgan fingerprint density at radius 2 is 2.07 bits per heavy atom. The van der Waals surface area contributed by atoms with E-state index in [1.54, 1.807) is 0 Å². The predicted molar refractivity (Wildman–Crippen MR) is 112 cm³/mol. The first kappa shape index (κ1) is 19.9. The van der Waals surface area contributed by atoms with E-state index in [2.05, 4.69) is 22.3 Å². The third-order valence-electron chi connectivity index (χ3n) is 5.68. The minimum Gasteiger partial charge on any atom is -0.491 e. The van der Waals surface area contributed by atoms with Gasteiger partial charge in [0, 0.05) is 31.7 Å². The van der Waals surface area contributed by atoms with E-state index in [-0.39, 0.29) is 18.1 Å². The summed E-state index contributed by atoms with van der Waals surface area (Å²) in [5.41, 5.74) is 8.35. The van der Waals surface area contributed by atoms with Gasteiger partial charge in [-0.2, -0.15) is 0 Å². The van der Waals surface area contributed by atoms with Gasteiger partial charge >= 0.3 is 0 Å². The Labute approximate surface area is 172 Å². The Kier molecular flexibility index (Phi) is 6.13. The number of carbonyl (C=O) groups excluding carboxylic acids is 1. The molecule has 6 nitrogen and oxygen atoms in total. The largest absolute Gasteiger partial charge is 0.491 e. The molecule has 29 heavy (non-hydrogen) atoms. The van der Waals surface area contributed by atoms with Crippen molar-refractivity contribution >= 4 is 5.91 Å². The molecule has 2 heterocycles. The highest BCUT2D eigenvalue weighted by molar-refractivity contribution is 5.97. The highest BCUT2D eigenvalue weighted by Crippen LogP contribution is 2.30. The number of benzene rings is 2. The molecule has 3 N–H and O–H groups in total. The fraction of sp³-hybridized carbons (Fsp3) is 0.435. The number of hydrogen-bond acceptors (Lipinski definition) is 5. The maximum Gasteiger partial charge on any atom is 0.255 e. The summed E-state index contributed by atoms with van der Waals surface area (Å²) in [5.74, 6) is 0.493. The molecule has 0 saturated carbocycles. The van der Waals surface area contributed by atoms with Crippen molar-refractivity contribution in [2.75, 3.05) is 32.8 Å². The van der Waals surface area contributed by atoms with Crippen molar-refractivity contribution in [2.45, 2.75) is 31.5 Å². The molecule has 0 bridgehead atoms. The summed E-state index contributed by atoms with van der Waals surface area (Å²) in [6.45, 7) is 5.17. The molecule has 3 atom stereocenters. The monoisotopic (exact) mass is 395 g/mol. The molecule has 2 saturated heterocycles. The van der Waals surface area contributed by atoms with Crippen LogP contribution in [0, 0.1) is 6.92 Å². The number of fused-ring (bicyclic) bond motifs is 1. The Morgan fingerprint density at radius 1 is 1.24 bits per heavy atom. The zero-order valence-corrected chi connectivity index (χ0v) is 16.8. The number of nitrogens with zero attached hydrogens (tertiary/aromatic N) is 1. The Balaban J connectivity index is 1.39. The Morgan fingerprint density at radius 3 is 2.86 bits per heavy atom. The minimum absolute atomic E-state index is 0.0916. The molecule has 2 aromatic carbocycles. The van der Waals surface area contributed by atoms with Gasteiger partial charge in [0.05, 0.1) is 18.3 Å². The van der Waals surface area contributed by atoms with E-state index >= 15 is 0 Å². The van der Waals surface area contributed by atoms with Crippen molar-refractivity contribution in [2.24, 2.45) is 5.73 Å². The molecule has 6 heteroatoms. The third-order valence-corrected chi connectivity index (χ3v) is 5.68. The van der Waals surface area contributed by atoms with E-state index in [9.17, 15) is 4.79 Å². The topological polar surface area (TPSA) is 76.8 Å². The second-order valence-electron chi connectivity index (χ2n) is 7.88. The average Bonchev–Trinajstić information content (AvgIpc) is 3.14. The molecule has 4 rings (SSSR count). The summed E-state index contributed by atoms with van der Waals surface area (Å²) < 4.78 is 11.8. The van der Waals surface area contributed by atoms with Crippen LogP contribution in [0.4, 0.5) is 0 Å². The van der Waals surface area contributed by atoms with E-state index in [1.807, 2.05) is 43.3 Å². The molecule has 0 aliphatic carbocycles. The first-order chi connectivity index (χ1) is 14.1. The summed E-state index contributed by atoms with van der Waals surface area (Å²) >= 11 is 0. The lowest BCUT2D eigenvalue weighted by molar-refractivity contribution is -0.0502. The SMILES string of the molecule is Cc1ccc(OCCN)c(C(=O)N[C@@H]2C[C@H]3CO[C@@H](c4ccccc4)CN3C2)c1. The highest BCUT2D eigenvalue weighted by atomic mass is 16.5. The van der Waals surface area contributed by atoms with Gasteiger partial charge in [-0.3, -0.25) is 9.69 Å². The number of carbonyl (C=O) groups is 1. The zero-order valence-electron chi connectivity index (χ0n) is 16.8. The summed E-state index contributed by atoms with van der Waals surface area (Å²) in [4.78, 5) is 15.4. The Hall–Kier alpha value is -2.41. The van der Waals surface area contributed by atoms with Crippen molar-refractivity contribution in [1.29, 1.82) is 0 Å². The van der Waals surface area contributed by atoms with Crippen LogP contribution in [-0.2, 0) is 4.74 Å². The van der Waals surface area contributed by atoms with Gasteiger partial charge in [-0.05, 0) is 31.0 Å². The van der Waals surface area contributed by atoms with Crippen LogP contribution in [0.3, 0.4) is 0 Å². The van der Waals surface area contributed by atoms with Crippen LogP contribution in [0.15, 0.2) is 48.5 Å². The van der Waals surface area contributed by atoms with Gasteiger partial charge in [0.1, 0.15) is 12.4 Å². The van der Waals surface area contributed by atoms with Crippen LogP contribution in [0.25, 0.3) is 0 Å². The average molecular weight is 396 g/mol. The van der Waals surface area contributed by atoms with E-state index in [4.69, 9.17) is 15.2 Å². The second kappa shape index (κ2) is 8.95. The van der Waals surface area contributed by atoms with E-state index in [1.165, 1.54) is 5.56 Å². The zero-order chi connectivity index (χ0) is 20.2. The first-order valence-electron chi connectivity index (χ1n) is 10.3. The Bertz CT molecular complexity index is 843. The van der Waals surface area contributed by atoms with Crippen molar-refractivity contribution in [1.82, 2.24) is 10.2 Å². The first-order valence-corrected chi connectivity index (χ1v) is 10.3. The second-order valence-corrected chi connectivity index (χ2v) is 7.88. The van der Waals surface area contributed by atoms with Crippen LogP contribution >= 0.6 is 0 Å². The summed E-state index contributed by atoms with van der Waals surface area (Å²) in [6, 6.07) is 16.5. The lowest BCUT2D eigenvalue weighted by Crippen LogP contribution is -2.43. The van der Waals surface area contributed by atoms with Gasteiger partial charge in [-0.1, -0.05) is 42.0 Å². The van der Waals surface area contributed by atoms with Gasteiger partial charge in [0.15, 0.2) is 0 Å². The number of ether oxygens (including phenoxy) is 2. The summed E-state index contributed by atoms with van der Waals surface area (Å²) in [6.07, 6.45) is 0.993. The fourth-order valence-electron chi connectivity index (χ4n) is 4.23. The molecule has 1 amide bonds. The number of nitrogens with two attached hydrogens (primary N) is 1. The maximum absolute atomic E-state index is 13.0. The van der Waals surface area contributed by atoms with Crippen molar-refractivity contribution < 1.29 is 14.3 Å². The molecule has 2 fully saturated rings. The lowest BCUT2D eigenvalue weighted by Gasteiger charge is -2.35. The van der Waals surface area contributed by atoms with Crippen molar-refractivity contribution in [3.05, 3.63) is 65.2 Å². The van der Waals surface area contributed by atoms with E-state index in [0.29, 0.717) is 37.1 Å². The fourth-order valence-corrected chi connectivity index (χ4v) is 4.23. The molecule has 0 spiro atoms. The smallest absolute Gasteiger partial charge is 0.255 e. The minimum atomic E-state index is -0.0916. The number of nitrogens with one attached hydrogen (secondary N) is 1. The number of aryl methyl sites for hydroxylation is 1. The summed E-state index contributed by atoms with van der Waals surface area (Å²) in [5, 5.41) is 3.20. The molecule has 2 aliphatic heterocycles. The standard InChI is InChI=1S/C23H29N3O3/c1-16-7-8-21(28-10-9-24)20(11-16)23(27)25-18-12-19-15-29-22(14-26(19)13-18)17-5-3-2-4-6-17/h2-8,11,18-19,22H,9-10,12-15,24H2,1H3,(H,25,27)/t18-,19+,22-/m1/s1. The third kappa shape index (κ3) is 4.61. The number of hydrogen-bond donors (Lipinski definition) is 2. The van der Waals surface area contributed by atoms with Gasteiger partial charge in [0.2, 0.25) is 0 Å². The molecule has 154 valence electrons. The van der Waals surface area contributed by atoms with Crippen LogP contribution in [0.5, 0.6) is 5.75 Å². The van der Waals surface area contributed by atoms with Gasteiger partial charge in [-0.25, -0.2) is 0 Å². The normalized spacial score (nSPS) is 24.1. The van der Waals surface area contributed by atoms with Crippen molar-refractivity contribution in [3.63, 3.8) is 0 Å². The van der Waals surface area contributed by atoms with Crippen LogP contribution in [0.2, 0.25) is 0 Å². The van der Waals surface area contributed by atoms with Crippen molar-refractivity contribution in [3.8, 4) is 5.75 Å². The lowest BCUT2D eigenvalue weighted by atomic mass is 10.1. The van der Waals surface area contributed by atoms with Gasteiger partial charge in [-0.15, -0.1) is 0 Å². The molecule has 0 radical (unpaired) electrons. The van der Waals surface area contributed by atoms with Gasteiger partial charge < -0.3 is 20.5 Å². The number of morpholine rings is 1.